The quantitative estimate of drug-likeness (QED) is 0.617. The molecule has 0 saturated carbocycles. The molecule has 0 aliphatic rings. The van der Waals surface area contributed by atoms with Gasteiger partial charge in [0.2, 0.25) is 0 Å². The highest BCUT2D eigenvalue weighted by atomic mass is 16.6. The fraction of sp³-hybridized carbons (Fsp3) is 0.231. The fourth-order valence-electron chi connectivity index (χ4n) is 1.91. The minimum atomic E-state index is -0.374. The van der Waals surface area contributed by atoms with Crippen molar-refractivity contribution in [3.8, 4) is 5.75 Å². The first-order chi connectivity index (χ1) is 8.54. The van der Waals surface area contributed by atoms with Crippen molar-refractivity contribution >= 4 is 22.1 Å². The lowest BCUT2D eigenvalue weighted by Crippen LogP contribution is -2.08. The Morgan fingerprint density at radius 2 is 1.94 bits per heavy atom. The Bertz CT molecular complexity index is 608. The minimum absolute atomic E-state index is 0.0921. The minimum Gasteiger partial charge on any atom is -0.496 e. The highest BCUT2D eigenvalue weighted by Crippen LogP contribution is 2.35. The molecule has 0 aliphatic heterocycles. The Labute approximate surface area is 105 Å². The molecule has 0 heterocycles. The van der Waals surface area contributed by atoms with Gasteiger partial charge in [0.1, 0.15) is 5.75 Å². The van der Waals surface area contributed by atoms with Crippen molar-refractivity contribution in [1.29, 1.82) is 0 Å². The maximum absolute atomic E-state index is 11.0. The number of non-ortho nitro benzene ring substituents is 1. The number of nitrogens with zero attached hydrogens (tertiary/aromatic N) is 2. The largest absolute Gasteiger partial charge is 0.496 e. The third-order valence-electron chi connectivity index (χ3n) is 2.85. The predicted molar refractivity (Wildman–Crippen MR) is 71.5 cm³/mol. The van der Waals surface area contributed by atoms with Crippen LogP contribution in [-0.2, 0) is 0 Å². The number of methoxy groups -OCH3 is 1. The first kappa shape index (κ1) is 12.2. The maximum atomic E-state index is 11.0. The van der Waals surface area contributed by atoms with Gasteiger partial charge in [-0.1, -0.05) is 12.1 Å². The van der Waals surface area contributed by atoms with Gasteiger partial charge in [-0.25, -0.2) is 0 Å². The van der Waals surface area contributed by atoms with Crippen LogP contribution in [0.5, 0.6) is 5.75 Å². The average molecular weight is 246 g/mol. The van der Waals surface area contributed by atoms with Gasteiger partial charge in [-0.3, -0.25) is 10.1 Å². The Hall–Kier alpha value is -2.30. The standard InChI is InChI=1S/C13H14N2O3/c1-14(2)9-7-11-10(13(8-9)18-3)5-4-6-12(11)15(16)17/h4-8H,1-3H3. The number of benzene rings is 2. The molecular weight excluding hydrogens is 232 g/mol. The monoisotopic (exact) mass is 246 g/mol. The maximum Gasteiger partial charge on any atom is 0.277 e. The SMILES string of the molecule is COc1cc(N(C)C)cc2c([N+](=O)[O-])cccc12. The lowest BCUT2D eigenvalue weighted by molar-refractivity contribution is -0.383. The lowest BCUT2D eigenvalue weighted by atomic mass is 10.1. The second-order valence-corrected chi connectivity index (χ2v) is 4.17. The highest BCUT2D eigenvalue weighted by molar-refractivity contribution is 5.97. The lowest BCUT2D eigenvalue weighted by Gasteiger charge is -2.15. The second kappa shape index (κ2) is 4.52. The van der Waals surface area contributed by atoms with Crippen LogP contribution in [0.15, 0.2) is 30.3 Å². The van der Waals surface area contributed by atoms with Gasteiger partial charge in [0.15, 0.2) is 0 Å². The van der Waals surface area contributed by atoms with Gasteiger partial charge in [0.25, 0.3) is 5.69 Å². The van der Waals surface area contributed by atoms with Crippen molar-refractivity contribution in [2.24, 2.45) is 0 Å². The molecular formula is C13H14N2O3. The summed E-state index contributed by atoms with van der Waals surface area (Å²) in [6.45, 7) is 0. The Kier molecular flexibility index (Phi) is 3.06. The fourth-order valence-corrected chi connectivity index (χ4v) is 1.91. The number of anilines is 1. The summed E-state index contributed by atoms with van der Waals surface area (Å²) in [5.74, 6) is 0.639. The number of nitro groups is 1. The average Bonchev–Trinajstić information content (AvgIpc) is 2.36. The van der Waals surface area contributed by atoms with Crippen molar-refractivity contribution < 1.29 is 9.66 Å². The second-order valence-electron chi connectivity index (χ2n) is 4.17. The van der Waals surface area contributed by atoms with Crippen LogP contribution in [0, 0.1) is 10.1 Å². The molecule has 0 unspecified atom stereocenters. The summed E-state index contributed by atoms with van der Waals surface area (Å²) in [5.41, 5.74) is 0.961. The molecule has 0 spiro atoms. The molecule has 0 bridgehead atoms. The van der Waals surface area contributed by atoms with Gasteiger partial charge in [-0.15, -0.1) is 0 Å². The Balaban J connectivity index is 2.84. The topological polar surface area (TPSA) is 55.6 Å². The number of ether oxygens (including phenoxy) is 1. The van der Waals surface area contributed by atoms with E-state index in [0.717, 1.165) is 11.1 Å². The van der Waals surface area contributed by atoms with Crippen molar-refractivity contribution in [1.82, 2.24) is 0 Å². The summed E-state index contributed by atoms with van der Waals surface area (Å²) < 4.78 is 5.30. The smallest absolute Gasteiger partial charge is 0.277 e. The van der Waals surface area contributed by atoms with E-state index in [1.54, 1.807) is 19.2 Å². The summed E-state index contributed by atoms with van der Waals surface area (Å²) in [6.07, 6.45) is 0. The van der Waals surface area contributed by atoms with Crippen LogP contribution in [0.4, 0.5) is 11.4 Å². The summed E-state index contributed by atoms with van der Waals surface area (Å²) in [6, 6.07) is 8.65. The van der Waals surface area contributed by atoms with E-state index < -0.39 is 0 Å². The number of rotatable bonds is 3. The van der Waals surface area contributed by atoms with Gasteiger partial charge in [0.05, 0.1) is 17.4 Å². The third-order valence-corrected chi connectivity index (χ3v) is 2.85. The van der Waals surface area contributed by atoms with E-state index in [-0.39, 0.29) is 10.6 Å². The van der Waals surface area contributed by atoms with Crippen LogP contribution in [0.1, 0.15) is 0 Å². The molecule has 0 aliphatic carbocycles. The number of hydrogen-bond acceptors (Lipinski definition) is 4. The zero-order chi connectivity index (χ0) is 13.3. The molecule has 0 radical (unpaired) electrons. The van der Waals surface area contributed by atoms with Crippen molar-refractivity contribution in [3.63, 3.8) is 0 Å². The van der Waals surface area contributed by atoms with Gasteiger partial charge in [0, 0.05) is 37.3 Å². The molecule has 0 N–H and O–H groups in total. The van der Waals surface area contributed by atoms with Crippen LogP contribution >= 0.6 is 0 Å². The molecule has 2 aromatic rings. The van der Waals surface area contributed by atoms with Crippen molar-refractivity contribution in [3.05, 3.63) is 40.4 Å². The highest BCUT2D eigenvalue weighted by Gasteiger charge is 2.15. The molecule has 0 saturated heterocycles. The zero-order valence-corrected chi connectivity index (χ0v) is 10.5. The van der Waals surface area contributed by atoms with E-state index in [1.807, 2.05) is 31.1 Å². The van der Waals surface area contributed by atoms with E-state index in [1.165, 1.54) is 6.07 Å². The summed E-state index contributed by atoms with van der Waals surface area (Å²) in [7, 11) is 5.33. The molecule has 94 valence electrons. The van der Waals surface area contributed by atoms with E-state index in [2.05, 4.69) is 0 Å². The summed E-state index contributed by atoms with van der Waals surface area (Å²) in [4.78, 5) is 12.6. The zero-order valence-electron chi connectivity index (χ0n) is 10.5. The van der Waals surface area contributed by atoms with Gasteiger partial charge in [-0.05, 0) is 6.07 Å². The third kappa shape index (κ3) is 1.95. The Morgan fingerprint density at radius 1 is 1.22 bits per heavy atom. The van der Waals surface area contributed by atoms with E-state index in [0.29, 0.717) is 11.1 Å². The van der Waals surface area contributed by atoms with Crippen LogP contribution < -0.4 is 9.64 Å². The number of nitro benzene ring substituents is 1. The van der Waals surface area contributed by atoms with Crippen LogP contribution in [-0.4, -0.2) is 26.1 Å². The molecule has 0 atom stereocenters. The van der Waals surface area contributed by atoms with E-state index >= 15 is 0 Å². The molecule has 0 fully saturated rings. The molecule has 18 heavy (non-hydrogen) atoms. The van der Waals surface area contributed by atoms with Crippen molar-refractivity contribution in [2.75, 3.05) is 26.1 Å². The first-order valence-electron chi connectivity index (χ1n) is 5.47. The van der Waals surface area contributed by atoms with Crippen molar-refractivity contribution in [2.45, 2.75) is 0 Å². The number of fused-ring (bicyclic) bond motifs is 1. The molecule has 5 heteroatoms. The van der Waals surface area contributed by atoms with Crippen LogP contribution in [0.25, 0.3) is 10.8 Å². The normalized spacial score (nSPS) is 10.4. The molecule has 5 nitrogen and oxygen atoms in total. The molecule has 2 rings (SSSR count). The number of hydrogen-bond donors (Lipinski definition) is 0. The first-order valence-corrected chi connectivity index (χ1v) is 5.47. The summed E-state index contributed by atoms with van der Waals surface area (Å²) in [5, 5.41) is 12.4. The molecule has 0 amide bonds. The molecule has 2 aromatic carbocycles. The predicted octanol–water partition coefficient (Wildman–Crippen LogP) is 2.82. The summed E-state index contributed by atoms with van der Waals surface area (Å²) >= 11 is 0. The van der Waals surface area contributed by atoms with Gasteiger partial charge in [-0.2, -0.15) is 0 Å². The Morgan fingerprint density at radius 3 is 2.50 bits per heavy atom. The van der Waals surface area contributed by atoms with Crippen LogP contribution in [0.3, 0.4) is 0 Å². The van der Waals surface area contributed by atoms with Gasteiger partial charge < -0.3 is 9.64 Å². The van der Waals surface area contributed by atoms with E-state index in [4.69, 9.17) is 4.74 Å². The molecule has 0 aromatic heterocycles. The van der Waals surface area contributed by atoms with Crippen LogP contribution in [0.2, 0.25) is 0 Å². The van der Waals surface area contributed by atoms with E-state index in [9.17, 15) is 10.1 Å². The van der Waals surface area contributed by atoms with Gasteiger partial charge >= 0.3 is 0 Å².